The summed E-state index contributed by atoms with van der Waals surface area (Å²) in [6.45, 7) is 2.56. The lowest BCUT2D eigenvalue weighted by Crippen LogP contribution is -2.19. The standard InChI is InChI=1S/C17H20N4O/c1-12(22)20-17-8-14(5-6-19-17)15-7-16(10-18-9-15)21(2)11-13-3-4-13/h5-10,13H,3-4,11H2,1-2H3,(H,19,20,22). The van der Waals surface area contributed by atoms with E-state index in [1.807, 2.05) is 24.5 Å². The van der Waals surface area contributed by atoms with Gasteiger partial charge in [0.2, 0.25) is 5.91 Å². The number of anilines is 2. The van der Waals surface area contributed by atoms with Gasteiger partial charge in [-0.05, 0) is 42.5 Å². The first kappa shape index (κ1) is 14.5. The van der Waals surface area contributed by atoms with Gasteiger partial charge in [-0.25, -0.2) is 4.98 Å². The molecule has 2 aromatic rings. The highest BCUT2D eigenvalue weighted by Gasteiger charge is 2.23. The third kappa shape index (κ3) is 3.61. The highest BCUT2D eigenvalue weighted by Crippen LogP contribution is 2.31. The lowest BCUT2D eigenvalue weighted by atomic mass is 10.1. The van der Waals surface area contributed by atoms with Crippen LogP contribution >= 0.6 is 0 Å². The molecule has 0 bridgehead atoms. The molecule has 0 aromatic carbocycles. The fraction of sp³-hybridized carbons (Fsp3) is 0.353. The molecule has 1 saturated carbocycles. The van der Waals surface area contributed by atoms with E-state index in [9.17, 15) is 4.79 Å². The Morgan fingerprint density at radius 1 is 1.32 bits per heavy atom. The molecule has 2 heterocycles. The van der Waals surface area contributed by atoms with Crippen LogP contribution in [0.2, 0.25) is 0 Å². The van der Waals surface area contributed by atoms with Gasteiger partial charge in [0.15, 0.2) is 0 Å². The molecule has 114 valence electrons. The van der Waals surface area contributed by atoms with Crippen LogP contribution in [-0.2, 0) is 4.79 Å². The molecular weight excluding hydrogens is 276 g/mol. The molecule has 0 aliphatic heterocycles. The van der Waals surface area contributed by atoms with Gasteiger partial charge >= 0.3 is 0 Å². The molecule has 5 nitrogen and oxygen atoms in total. The van der Waals surface area contributed by atoms with Crippen molar-refractivity contribution in [2.45, 2.75) is 19.8 Å². The van der Waals surface area contributed by atoms with Gasteiger partial charge in [0.25, 0.3) is 0 Å². The summed E-state index contributed by atoms with van der Waals surface area (Å²) in [5, 5.41) is 2.71. The molecule has 22 heavy (non-hydrogen) atoms. The molecule has 0 unspecified atom stereocenters. The number of rotatable bonds is 5. The van der Waals surface area contributed by atoms with Crippen LogP contribution in [0.1, 0.15) is 19.8 Å². The van der Waals surface area contributed by atoms with Gasteiger partial charge in [-0.2, -0.15) is 0 Å². The van der Waals surface area contributed by atoms with Crippen molar-refractivity contribution < 1.29 is 4.79 Å². The van der Waals surface area contributed by atoms with Crippen molar-refractivity contribution in [3.05, 3.63) is 36.8 Å². The Bertz CT molecular complexity index is 682. The van der Waals surface area contributed by atoms with Gasteiger partial charge in [-0.1, -0.05) is 0 Å². The fourth-order valence-electron chi connectivity index (χ4n) is 2.45. The van der Waals surface area contributed by atoms with Gasteiger partial charge < -0.3 is 10.2 Å². The van der Waals surface area contributed by atoms with E-state index in [1.54, 1.807) is 6.20 Å². The molecule has 1 N–H and O–H groups in total. The molecule has 5 heteroatoms. The monoisotopic (exact) mass is 296 g/mol. The Balaban J connectivity index is 1.83. The number of carbonyl (C=O) groups excluding carboxylic acids is 1. The van der Waals surface area contributed by atoms with Crippen LogP contribution in [0.3, 0.4) is 0 Å². The van der Waals surface area contributed by atoms with Gasteiger partial charge in [0.05, 0.1) is 11.9 Å². The van der Waals surface area contributed by atoms with E-state index in [2.05, 4.69) is 33.3 Å². The Morgan fingerprint density at radius 2 is 2.14 bits per heavy atom. The first-order valence-electron chi connectivity index (χ1n) is 7.52. The second kappa shape index (κ2) is 6.13. The van der Waals surface area contributed by atoms with Crippen LogP contribution in [0.5, 0.6) is 0 Å². The van der Waals surface area contributed by atoms with E-state index in [-0.39, 0.29) is 5.91 Å². The first-order chi connectivity index (χ1) is 10.6. The maximum Gasteiger partial charge on any atom is 0.222 e. The van der Waals surface area contributed by atoms with Crippen molar-refractivity contribution in [2.75, 3.05) is 23.8 Å². The van der Waals surface area contributed by atoms with Crippen LogP contribution in [0.4, 0.5) is 11.5 Å². The van der Waals surface area contributed by atoms with Crippen molar-refractivity contribution in [2.24, 2.45) is 5.92 Å². The predicted molar refractivity (Wildman–Crippen MR) is 87.8 cm³/mol. The number of hydrogen-bond donors (Lipinski definition) is 1. The van der Waals surface area contributed by atoms with Gasteiger partial charge in [0, 0.05) is 38.5 Å². The van der Waals surface area contributed by atoms with E-state index in [4.69, 9.17) is 0 Å². The number of hydrogen-bond acceptors (Lipinski definition) is 4. The number of nitrogens with one attached hydrogen (secondary N) is 1. The number of carbonyl (C=O) groups is 1. The van der Waals surface area contributed by atoms with Crippen molar-refractivity contribution in [1.82, 2.24) is 9.97 Å². The van der Waals surface area contributed by atoms with Crippen molar-refractivity contribution >= 4 is 17.4 Å². The van der Waals surface area contributed by atoms with E-state index in [0.717, 1.165) is 29.3 Å². The third-order valence-electron chi connectivity index (χ3n) is 3.79. The van der Waals surface area contributed by atoms with Crippen LogP contribution in [0, 0.1) is 5.92 Å². The van der Waals surface area contributed by atoms with Gasteiger partial charge in [0.1, 0.15) is 5.82 Å². The van der Waals surface area contributed by atoms with Crippen LogP contribution < -0.4 is 10.2 Å². The fourth-order valence-corrected chi connectivity index (χ4v) is 2.45. The summed E-state index contributed by atoms with van der Waals surface area (Å²) in [7, 11) is 2.11. The summed E-state index contributed by atoms with van der Waals surface area (Å²) in [4.78, 5) is 21.9. The molecule has 3 rings (SSSR count). The SMILES string of the molecule is CC(=O)Nc1cc(-c2cncc(N(C)CC3CC3)c2)ccn1. The smallest absolute Gasteiger partial charge is 0.222 e. The average Bonchev–Trinajstić information content (AvgIpc) is 3.31. The Labute approximate surface area is 130 Å². The minimum Gasteiger partial charge on any atom is -0.373 e. The largest absolute Gasteiger partial charge is 0.373 e. The molecule has 1 fully saturated rings. The quantitative estimate of drug-likeness (QED) is 0.921. The minimum atomic E-state index is -0.124. The van der Waals surface area contributed by atoms with E-state index in [1.165, 1.54) is 19.8 Å². The zero-order valence-electron chi connectivity index (χ0n) is 12.9. The normalized spacial score (nSPS) is 13.7. The van der Waals surface area contributed by atoms with Gasteiger partial charge in [-0.15, -0.1) is 0 Å². The summed E-state index contributed by atoms with van der Waals surface area (Å²) in [6.07, 6.45) is 8.09. The first-order valence-corrected chi connectivity index (χ1v) is 7.52. The molecule has 0 atom stereocenters. The number of aromatic nitrogens is 2. The van der Waals surface area contributed by atoms with Crippen LogP contribution in [-0.4, -0.2) is 29.5 Å². The van der Waals surface area contributed by atoms with E-state index < -0.39 is 0 Å². The lowest BCUT2D eigenvalue weighted by Gasteiger charge is -2.19. The molecule has 0 spiro atoms. The summed E-state index contributed by atoms with van der Waals surface area (Å²) < 4.78 is 0. The molecule has 1 amide bonds. The maximum atomic E-state index is 11.1. The molecule has 0 radical (unpaired) electrons. The summed E-state index contributed by atoms with van der Waals surface area (Å²) >= 11 is 0. The summed E-state index contributed by atoms with van der Waals surface area (Å²) in [5.74, 6) is 1.27. The topological polar surface area (TPSA) is 58.1 Å². The number of pyridine rings is 2. The Kier molecular flexibility index (Phi) is 4.04. The van der Waals surface area contributed by atoms with Crippen molar-refractivity contribution in [3.8, 4) is 11.1 Å². The Hall–Kier alpha value is -2.43. The third-order valence-corrected chi connectivity index (χ3v) is 3.79. The maximum absolute atomic E-state index is 11.1. The lowest BCUT2D eigenvalue weighted by molar-refractivity contribution is -0.114. The minimum absolute atomic E-state index is 0.124. The average molecular weight is 296 g/mol. The highest BCUT2D eigenvalue weighted by molar-refractivity contribution is 5.88. The zero-order valence-corrected chi connectivity index (χ0v) is 12.9. The highest BCUT2D eigenvalue weighted by atomic mass is 16.1. The number of nitrogens with zero attached hydrogens (tertiary/aromatic N) is 3. The summed E-state index contributed by atoms with van der Waals surface area (Å²) in [5.41, 5.74) is 3.13. The second-order valence-electron chi connectivity index (χ2n) is 5.87. The van der Waals surface area contributed by atoms with E-state index in [0.29, 0.717) is 5.82 Å². The van der Waals surface area contributed by atoms with Gasteiger partial charge in [-0.3, -0.25) is 9.78 Å². The number of amides is 1. The molecular formula is C17H20N4O. The Morgan fingerprint density at radius 3 is 2.86 bits per heavy atom. The summed E-state index contributed by atoms with van der Waals surface area (Å²) in [6, 6.07) is 5.92. The van der Waals surface area contributed by atoms with Crippen LogP contribution in [0.15, 0.2) is 36.8 Å². The molecule has 2 aromatic heterocycles. The van der Waals surface area contributed by atoms with Crippen LogP contribution in [0.25, 0.3) is 11.1 Å². The molecule has 0 saturated heterocycles. The zero-order chi connectivity index (χ0) is 15.5. The molecule has 1 aliphatic rings. The second-order valence-corrected chi connectivity index (χ2v) is 5.87. The van der Waals surface area contributed by atoms with Crippen molar-refractivity contribution in [3.63, 3.8) is 0 Å². The predicted octanol–water partition coefficient (Wildman–Crippen LogP) is 2.95. The van der Waals surface area contributed by atoms with E-state index >= 15 is 0 Å². The van der Waals surface area contributed by atoms with Crippen molar-refractivity contribution in [1.29, 1.82) is 0 Å². The molecule has 1 aliphatic carbocycles.